The maximum absolute atomic E-state index is 12.1. The lowest BCUT2D eigenvalue weighted by molar-refractivity contribution is -0.122. The predicted molar refractivity (Wildman–Crippen MR) is 86.7 cm³/mol. The summed E-state index contributed by atoms with van der Waals surface area (Å²) in [5.74, 6) is 0.0312. The Morgan fingerprint density at radius 2 is 2.05 bits per heavy atom. The van der Waals surface area contributed by atoms with Gasteiger partial charge in [0.05, 0.1) is 5.56 Å². The molecule has 4 nitrogen and oxygen atoms in total. The third-order valence-corrected chi connectivity index (χ3v) is 3.29. The molecule has 0 aliphatic carbocycles. The minimum atomic E-state index is -0.750. The first kappa shape index (κ1) is 16.0. The van der Waals surface area contributed by atoms with E-state index >= 15 is 0 Å². The fourth-order valence-corrected chi connectivity index (χ4v) is 2.11. The minimum absolute atomic E-state index is 0.294. The van der Waals surface area contributed by atoms with Crippen molar-refractivity contribution in [3.05, 3.63) is 58.6 Å². The molecule has 0 aromatic heterocycles. The molecule has 0 heterocycles. The number of anilines is 1. The molecule has 2 aromatic carbocycles. The number of ether oxygens (including phenoxy) is 1. The molecule has 0 spiro atoms. The van der Waals surface area contributed by atoms with Crippen molar-refractivity contribution in [3.63, 3.8) is 0 Å². The second kappa shape index (κ2) is 7.09. The van der Waals surface area contributed by atoms with Crippen LogP contribution in [0.4, 0.5) is 5.69 Å². The molecule has 0 aliphatic rings. The van der Waals surface area contributed by atoms with E-state index in [9.17, 15) is 9.59 Å². The van der Waals surface area contributed by atoms with Crippen LogP contribution >= 0.6 is 11.6 Å². The SMILES string of the molecule is Cc1cccc(NC(=O)C(C)Oc2ccc(Cl)cc2C=O)c1. The molecule has 2 rings (SSSR count). The Hall–Kier alpha value is -2.33. The molecule has 5 heteroatoms. The summed E-state index contributed by atoms with van der Waals surface area (Å²) in [5.41, 5.74) is 2.06. The fourth-order valence-electron chi connectivity index (χ4n) is 1.93. The highest BCUT2D eigenvalue weighted by Gasteiger charge is 2.16. The van der Waals surface area contributed by atoms with Gasteiger partial charge in [0.2, 0.25) is 0 Å². The molecule has 1 unspecified atom stereocenters. The van der Waals surface area contributed by atoms with Crippen molar-refractivity contribution in [2.75, 3.05) is 5.32 Å². The molecule has 0 saturated heterocycles. The zero-order valence-electron chi connectivity index (χ0n) is 12.3. The molecule has 2 aromatic rings. The Labute approximate surface area is 134 Å². The van der Waals surface area contributed by atoms with Gasteiger partial charge in [-0.25, -0.2) is 0 Å². The van der Waals surface area contributed by atoms with Crippen molar-refractivity contribution in [3.8, 4) is 5.75 Å². The van der Waals surface area contributed by atoms with Gasteiger partial charge in [0.25, 0.3) is 5.91 Å². The van der Waals surface area contributed by atoms with Crippen LogP contribution in [0.3, 0.4) is 0 Å². The van der Waals surface area contributed by atoms with Crippen LogP contribution in [0.1, 0.15) is 22.8 Å². The van der Waals surface area contributed by atoms with Crippen LogP contribution in [0, 0.1) is 6.92 Å². The lowest BCUT2D eigenvalue weighted by Gasteiger charge is -2.16. The average Bonchev–Trinajstić information content (AvgIpc) is 2.48. The number of carbonyl (C=O) groups excluding carboxylic acids is 2. The lowest BCUT2D eigenvalue weighted by atomic mass is 10.2. The van der Waals surface area contributed by atoms with Gasteiger partial charge in [-0.3, -0.25) is 9.59 Å². The molecule has 1 amide bonds. The van der Waals surface area contributed by atoms with Crippen LogP contribution in [0.25, 0.3) is 0 Å². The van der Waals surface area contributed by atoms with Crippen LogP contribution in [-0.2, 0) is 4.79 Å². The largest absolute Gasteiger partial charge is 0.480 e. The topological polar surface area (TPSA) is 55.4 Å². The molecule has 0 fully saturated rings. The summed E-state index contributed by atoms with van der Waals surface area (Å²) in [5, 5.41) is 3.21. The van der Waals surface area contributed by atoms with Crippen molar-refractivity contribution in [1.29, 1.82) is 0 Å². The molecule has 114 valence electrons. The Morgan fingerprint density at radius 3 is 2.73 bits per heavy atom. The second-order valence-electron chi connectivity index (χ2n) is 4.92. The van der Waals surface area contributed by atoms with Gasteiger partial charge >= 0.3 is 0 Å². The molecule has 1 N–H and O–H groups in total. The zero-order chi connectivity index (χ0) is 16.1. The van der Waals surface area contributed by atoms with E-state index in [-0.39, 0.29) is 5.91 Å². The zero-order valence-corrected chi connectivity index (χ0v) is 13.1. The van der Waals surface area contributed by atoms with E-state index in [0.29, 0.717) is 28.3 Å². The van der Waals surface area contributed by atoms with Gasteiger partial charge in [0.15, 0.2) is 12.4 Å². The number of carbonyl (C=O) groups is 2. The van der Waals surface area contributed by atoms with Gasteiger partial charge in [-0.1, -0.05) is 23.7 Å². The number of hydrogen-bond donors (Lipinski definition) is 1. The van der Waals surface area contributed by atoms with E-state index in [1.807, 2.05) is 25.1 Å². The fraction of sp³-hybridized carbons (Fsp3) is 0.176. The van der Waals surface area contributed by atoms with E-state index in [2.05, 4.69) is 5.32 Å². The van der Waals surface area contributed by atoms with E-state index in [1.54, 1.807) is 25.1 Å². The maximum Gasteiger partial charge on any atom is 0.265 e. The van der Waals surface area contributed by atoms with Crippen LogP contribution in [0.5, 0.6) is 5.75 Å². The summed E-state index contributed by atoms with van der Waals surface area (Å²) in [7, 11) is 0. The molecular weight excluding hydrogens is 302 g/mol. The van der Waals surface area contributed by atoms with Crippen LogP contribution < -0.4 is 10.1 Å². The average molecular weight is 318 g/mol. The number of rotatable bonds is 5. The molecule has 0 aliphatic heterocycles. The number of aldehydes is 1. The van der Waals surface area contributed by atoms with Gasteiger partial charge in [-0.15, -0.1) is 0 Å². The quantitative estimate of drug-likeness (QED) is 0.852. The number of hydrogen-bond acceptors (Lipinski definition) is 3. The van der Waals surface area contributed by atoms with Gasteiger partial charge in [0.1, 0.15) is 5.75 Å². The van der Waals surface area contributed by atoms with Crippen molar-refractivity contribution >= 4 is 29.5 Å². The van der Waals surface area contributed by atoms with E-state index in [0.717, 1.165) is 5.56 Å². The van der Waals surface area contributed by atoms with Gasteiger partial charge in [-0.2, -0.15) is 0 Å². The smallest absolute Gasteiger partial charge is 0.265 e. The standard InChI is InChI=1S/C17H16ClNO3/c1-11-4-3-5-15(8-11)19-17(21)12(2)22-16-7-6-14(18)9-13(16)10-20/h3-10,12H,1-2H3,(H,19,21). The molecule has 0 saturated carbocycles. The molecular formula is C17H16ClNO3. The van der Waals surface area contributed by atoms with E-state index < -0.39 is 6.10 Å². The third-order valence-electron chi connectivity index (χ3n) is 3.06. The van der Waals surface area contributed by atoms with Gasteiger partial charge < -0.3 is 10.1 Å². The molecule has 22 heavy (non-hydrogen) atoms. The first-order valence-corrected chi connectivity index (χ1v) is 7.16. The summed E-state index contributed by atoms with van der Waals surface area (Å²) < 4.78 is 5.55. The number of halogens is 1. The maximum atomic E-state index is 12.1. The summed E-state index contributed by atoms with van der Waals surface area (Å²) in [4.78, 5) is 23.2. The van der Waals surface area contributed by atoms with Crippen molar-refractivity contribution < 1.29 is 14.3 Å². The normalized spacial score (nSPS) is 11.6. The van der Waals surface area contributed by atoms with Crippen molar-refractivity contribution in [1.82, 2.24) is 0 Å². The van der Waals surface area contributed by atoms with Crippen molar-refractivity contribution in [2.45, 2.75) is 20.0 Å². The monoisotopic (exact) mass is 317 g/mol. The number of aryl methyl sites for hydroxylation is 1. The summed E-state index contributed by atoms with van der Waals surface area (Å²) in [6.45, 7) is 3.56. The number of nitrogens with one attached hydrogen (secondary N) is 1. The Bertz CT molecular complexity index is 700. The number of benzene rings is 2. The molecule has 1 atom stereocenters. The molecule has 0 radical (unpaired) electrons. The minimum Gasteiger partial charge on any atom is -0.480 e. The second-order valence-corrected chi connectivity index (χ2v) is 5.36. The van der Waals surface area contributed by atoms with Gasteiger partial charge in [0, 0.05) is 10.7 Å². The first-order valence-electron chi connectivity index (χ1n) is 6.78. The predicted octanol–water partition coefficient (Wildman–Crippen LogP) is 3.87. The Kier molecular flexibility index (Phi) is 5.17. The highest BCUT2D eigenvalue weighted by atomic mass is 35.5. The van der Waals surface area contributed by atoms with Crippen LogP contribution in [0.15, 0.2) is 42.5 Å². The van der Waals surface area contributed by atoms with Crippen LogP contribution in [-0.4, -0.2) is 18.3 Å². The van der Waals surface area contributed by atoms with E-state index in [1.165, 1.54) is 6.07 Å². The summed E-state index contributed by atoms with van der Waals surface area (Å²) >= 11 is 5.82. The Morgan fingerprint density at radius 1 is 1.27 bits per heavy atom. The van der Waals surface area contributed by atoms with Crippen LogP contribution in [0.2, 0.25) is 5.02 Å². The highest BCUT2D eigenvalue weighted by molar-refractivity contribution is 6.30. The number of amides is 1. The lowest BCUT2D eigenvalue weighted by Crippen LogP contribution is -2.30. The van der Waals surface area contributed by atoms with Crippen molar-refractivity contribution in [2.24, 2.45) is 0 Å². The highest BCUT2D eigenvalue weighted by Crippen LogP contribution is 2.22. The summed E-state index contributed by atoms with van der Waals surface area (Å²) in [6, 6.07) is 12.1. The van der Waals surface area contributed by atoms with Gasteiger partial charge in [-0.05, 0) is 49.7 Å². The third kappa shape index (κ3) is 4.09. The first-order chi connectivity index (χ1) is 10.5. The molecule has 0 bridgehead atoms. The van der Waals surface area contributed by atoms with E-state index in [4.69, 9.17) is 16.3 Å². The Balaban J connectivity index is 2.07. The summed E-state index contributed by atoms with van der Waals surface area (Å²) in [6.07, 6.45) is -0.104.